The number of nitrogens with one attached hydrogen (secondary N) is 1. The van der Waals surface area contributed by atoms with Crippen LogP contribution in [0.15, 0.2) is 18.2 Å². The molecule has 0 saturated heterocycles. The summed E-state index contributed by atoms with van der Waals surface area (Å²) in [5.74, 6) is 0.114. The van der Waals surface area contributed by atoms with Crippen molar-refractivity contribution in [2.75, 3.05) is 31.5 Å². The molecule has 0 fully saturated rings. The highest BCUT2D eigenvalue weighted by atomic mass is 79.9. The second-order valence-electron chi connectivity index (χ2n) is 5.26. The molecule has 0 unspecified atom stereocenters. The standard InChI is InChI=1S/C16H26N2O.BrH/c1-6-18(7-2,8-3)12-15(19)17-16-13(4)10-9-11-14(16)5;/h9-11H,6-8,12H2,1-5H3;1H. The summed E-state index contributed by atoms with van der Waals surface area (Å²) in [7, 11) is 0. The highest BCUT2D eigenvalue weighted by Crippen LogP contribution is 2.19. The number of hydrogen-bond acceptors (Lipinski definition) is 1. The number of nitrogens with zero attached hydrogens (tertiary/aromatic N) is 1. The lowest BCUT2D eigenvalue weighted by Gasteiger charge is -2.35. The lowest BCUT2D eigenvalue weighted by atomic mass is 10.1. The van der Waals surface area contributed by atoms with E-state index in [1.54, 1.807) is 0 Å². The maximum Gasteiger partial charge on any atom is 0.279 e. The monoisotopic (exact) mass is 342 g/mol. The van der Waals surface area contributed by atoms with Gasteiger partial charge in [-0.05, 0) is 45.7 Å². The summed E-state index contributed by atoms with van der Waals surface area (Å²) in [4.78, 5) is 12.3. The molecular formula is C16H27BrN2O. The number of anilines is 1. The van der Waals surface area contributed by atoms with Crippen LogP contribution in [0.3, 0.4) is 0 Å². The summed E-state index contributed by atoms with van der Waals surface area (Å²) in [6.07, 6.45) is 0. The summed E-state index contributed by atoms with van der Waals surface area (Å²) >= 11 is 0. The molecule has 0 heterocycles. The van der Waals surface area contributed by atoms with Crippen LogP contribution in [0.1, 0.15) is 31.9 Å². The van der Waals surface area contributed by atoms with Gasteiger partial charge in [0.25, 0.3) is 5.91 Å². The van der Waals surface area contributed by atoms with Gasteiger partial charge in [0.2, 0.25) is 0 Å². The molecule has 0 aliphatic carbocycles. The normalized spacial score (nSPS) is 10.8. The van der Waals surface area contributed by atoms with Crippen molar-refractivity contribution in [3.05, 3.63) is 29.3 Å². The van der Waals surface area contributed by atoms with Crippen molar-refractivity contribution < 1.29 is 26.3 Å². The number of quaternary nitrogens is 1. The molecule has 1 rings (SSSR count). The van der Waals surface area contributed by atoms with Crippen LogP contribution < -0.4 is 22.3 Å². The fourth-order valence-electron chi connectivity index (χ4n) is 2.50. The van der Waals surface area contributed by atoms with Gasteiger partial charge in [-0.3, -0.25) is 4.79 Å². The van der Waals surface area contributed by atoms with E-state index in [4.69, 9.17) is 0 Å². The highest BCUT2D eigenvalue weighted by Gasteiger charge is 2.25. The number of aryl methyl sites for hydroxylation is 2. The summed E-state index contributed by atoms with van der Waals surface area (Å²) in [6.45, 7) is 14.1. The molecule has 1 aromatic rings. The predicted octanol–water partition coefficient (Wildman–Crippen LogP) is 0.122. The summed E-state index contributed by atoms with van der Waals surface area (Å²) in [6, 6.07) is 6.08. The Balaban J connectivity index is 0.00000361. The van der Waals surface area contributed by atoms with Crippen LogP contribution in [-0.2, 0) is 4.79 Å². The maximum absolute atomic E-state index is 12.3. The highest BCUT2D eigenvalue weighted by molar-refractivity contribution is 5.93. The molecule has 0 aliphatic heterocycles. The van der Waals surface area contributed by atoms with Gasteiger partial charge in [0.15, 0.2) is 6.54 Å². The minimum absolute atomic E-state index is 0. The number of benzene rings is 1. The van der Waals surface area contributed by atoms with Crippen LogP contribution in [0.4, 0.5) is 5.69 Å². The zero-order chi connectivity index (χ0) is 14.5. The van der Waals surface area contributed by atoms with Crippen molar-refractivity contribution in [3.63, 3.8) is 0 Å². The van der Waals surface area contributed by atoms with Gasteiger partial charge in [0, 0.05) is 5.69 Å². The first kappa shape index (κ1) is 19.1. The van der Waals surface area contributed by atoms with Gasteiger partial charge in [-0.15, -0.1) is 0 Å². The number of carbonyl (C=O) groups excluding carboxylic acids is 1. The van der Waals surface area contributed by atoms with Gasteiger partial charge in [-0.25, -0.2) is 0 Å². The minimum atomic E-state index is 0. The van der Waals surface area contributed by atoms with Crippen molar-refractivity contribution in [2.24, 2.45) is 0 Å². The molecule has 0 spiro atoms. The Kier molecular flexibility index (Phi) is 8.06. The van der Waals surface area contributed by atoms with Crippen LogP contribution in [0, 0.1) is 13.8 Å². The molecule has 0 atom stereocenters. The molecule has 0 radical (unpaired) electrons. The number of rotatable bonds is 6. The molecule has 114 valence electrons. The third-order valence-electron chi connectivity index (χ3n) is 4.24. The molecule has 0 aromatic heterocycles. The van der Waals surface area contributed by atoms with Crippen molar-refractivity contribution in [3.8, 4) is 0 Å². The van der Waals surface area contributed by atoms with E-state index < -0.39 is 0 Å². The Hall–Kier alpha value is -0.870. The van der Waals surface area contributed by atoms with Gasteiger partial charge in [0.05, 0.1) is 19.6 Å². The molecule has 3 nitrogen and oxygen atoms in total. The Morgan fingerprint density at radius 1 is 1.05 bits per heavy atom. The lowest BCUT2D eigenvalue weighted by Crippen LogP contribution is -3.00. The summed E-state index contributed by atoms with van der Waals surface area (Å²) < 4.78 is 0.844. The SMILES string of the molecule is CC[N+](CC)(CC)CC(=O)Nc1c(C)cccc1C.[Br-]. The Bertz CT molecular complexity index is 414. The fourth-order valence-corrected chi connectivity index (χ4v) is 2.50. The quantitative estimate of drug-likeness (QED) is 0.731. The first-order valence-electron chi connectivity index (χ1n) is 7.19. The molecule has 0 aliphatic rings. The Morgan fingerprint density at radius 2 is 1.50 bits per heavy atom. The molecular weight excluding hydrogens is 316 g/mol. The van der Waals surface area contributed by atoms with E-state index in [0.717, 1.165) is 40.9 Å². The van der Waals surface area contributed by atoms with Crippen LogP contribution in [0.25, 0.3) is 0 Å². The van der Waals surface area contributed by atoms with Gasteiger partial charge in [-0.1, -0.05) is 18.2 Å². The molecule has 1 N–H and O–H groups in total. The summed E-state index contributed by atoms with van der Waals surface area (Å²) in [5, 5.41) is 3.08. The van der Waals surface area contributed by atoms with Gasteiger partial charge in [0.1, 0.15) is 0 Å². The van der Waals surface area contributed by atoms with E-state index in [2.05, 4.69) is 26.1 Å². The van der Waals surface area contributed by atoms with Crippen LogP contribution in [-0.4, -0.2) is 36.6 Å². The molecule has 20 heavy (non-hydrogen) atoms. The summed E-state index contributed by atoms with van der Waals surface area (Å²) in [5.41, 5.74) is 3.21. The number of para-hydroxylation sites is 1. The zero-order valence-electron chi connectivity index (χ0n) is 13.3. The first-order chi connectivity index (χ1) is 8.98. The maximum atomic E-state index is 12.3. The van der Waals surface area contributed by atoms with Crippen molar-refractivity contribution in [1.82, 2.24) is 0 Å². The van der Waals surface area contributed by atoms with Crippen molar-refractivity contribution in [2.45, 2.75) is 34.6 Å². The Morgan fingerprint density at radius 3 is 1.90 bits per heavy atom. The topological polar surface area (TPSA) is 29.1 Å². The molecule has 4 heteroatoms. The number of carbonyl (C=O) groups is 1. The second kappa shape index (κ2) is 8.42. The van der Waals surface area contributed by atoms with Gasteiger partial charge >= 0.3 is 0 Å². The number of halogens is 1. The van der Waals surface area contributed by atoms with E-state index in [1.807, 2.05) is 32.0 Å². The molecule has 0 bridgehead atoms. The van der Waals surface area contributed by atoms with E-state index in [-0.39, 0.29) is 22.9 Å². The minimum Gasteiger partial charge on any atom is -1.00 e. The van der Waals surface area contributed by atoms with E-state index in [9.17, 15) is 4.79 Å². The fraction of sp³-hybridized carbons (Fsp3) is 0.562. The lowest BCUT2D eigenvalue weighted by molar-refractivity contribution is -0.915. The molecule has 0 saturated carbocycles. The third kappa shape index (κ3) is 4.60. The van der Waals surface area contributed by atoms with Crippen molar-refractivity contribution in [1.29, 1.82) is 0 Å². The van der Waals surface area contributed by atoms with Crippen LogP contribution in [0.5, 0.6) is 0 Å². The molecule has 1 amide bonds. The van der Waals surface area contributed by atoms with E-state index in [1.165, 1.54) is 0 Å². The van der Waals surface area contributed by atoms with Crippen LogP contribution >= 0.6 is 0 Å². The third-order valence-corrected chi connectivity index (χ3v) is 4.24. The predicted molar refractivity (Wildman–Crippen MR) is 81.3 cm³/mol. The van der Waals surface area contributed by atoms with Gasteiger partial charge < -0.3 is 26.8 Å². The van der Waals surface area contributed by atoms with Gasteiger partial charge in [-0.2, -0.15) is 0 Å². The number of likely N-dealkylation sites (N-methyl/N-ethyl adjacent to an activating group) is 1. The van der Waals surface area contributed by atoms with E-state index in [0.29, 0.717) is 6.54 Å². The first-order valence-corrected chi connectivity index (χ1v) is 7.19. The largest absolute Gasteiger partial charge is 1.00 e. The Labute approximate surface area is 133 Å². The van der Waals surface area contributed by atoms with Crippen LogP contribution in [0.2, 0.25) is 0 Å². The average molecular weight is 343 g/mol. The smallest absolute Gasteiger partial charge is 0.279 e. The number of hydrogen-bond donors (Lipinski definition) is 1. The average Bonchev–Trinajstić information content (AvgIpc) is 2.41. The van der Waals surface area contributed by atoms with Crippen molar-refractivity contribution >= 4 is 11.6 Å². The zero-order valence-corrected chi connectivity index (χ0v) is 14.9. The van der Waals surface area contributed by atoms with E-state index >= 15 is 0 Å². The molecule has 1 aromatic carbocycles. The number of amides is 1. The second-order valence-corrected chi connectivity index (χ2v) is 5.26.